The average Bonchev–Trinajstić information content (AvgIpc) is 3.26. The van der Waals surface area contributed by atoms with Crippen LogP contribution in [0.4, 0.5) is 29.3 Å². The lowest BCUT2D eigenvalue weighted by Gasteiger charge is -2.34. The molecule has 2 aromatic heterocycles. The van der Waals surface area contributed by atoms with Crippen molar-refractivity contribution in [1.29, 1.82) is 0 Å². The number of morpholine rings is 1. The zero-order chi connectivity index (χ0) is 26.0. The number of H-pyrrole nitrogens is 1. The van der Waals surface area contributed by atoms with Gasteiger partial charge in [0, 0.05) is 36.2 Å². The molecular weight excluding hydrogens is 491 g/mol. The summed E-state index contributed by atoms with van der Waals surface area (Å²) in [5.41, 5.74) is 2.56. The van der Waals surface area contributed by atoms with Crippen LogP contribution in [-0.2, 0) is 11.3 Å². The number of para-hydroxylation sites is 1. The summed E-state index contributed by atoms with van der Waals surface area (Å²) in [5.74, 6) is -0.390. The van der Waals surface area contributed by atoms with Gasteiger partial charge >= 0.3 is 12.2 Å². The van der Waals surface area contributed by atoms with Crippen molar-refractivity contribution >= 4 is 23.2 Å². The van der Waals surface area contributed by atoms with Gasteiger partial charge in [0.1, 0.15) is 5.75 Å². The molecule has 0 unspecified atom stereocenters. The number of aromatic amines is 1. The molecule has 4 heterocycles. The minimum absolute atomic E-state index is 0.0942. The second-order valence-electron chi connectivity index (χ2n) is 8.66. The van der Waals surface area contributed by atoms with Gasteiger partial charge in [-0.05, 0) is 18.2 Å². The number of ketones is 1. The number of pyridine rings is 1. The molecule has 1 fully saturated rings. The fourth-order valence-corrected chi connectivity index (χ4v) is 4.42. The minimum Gasteiger partial charge on any atom is -0.482 e. The first-order chi connectivity index (χ1) is 17.8. The monoisotopic (exact) mass is 515 g/mol. The molecule has 0 bridgehead atoms. The number of Topliss-reactive ketones (excluding diaryl/α,β-unsaturated/α-hetero) is 1. The van der Waals surface area contributed by atoms with Crippen molar-refractivity contribution in [2.24, 2.45) is 0 Å². The number of halogens is 3. The molecule has 2 amide bonds. The second-order valence-corrected chi connectivity index (χ2v) is 8.66. The lowest BCUT2D eigenvalue weighted by Crippen LogP contribution is -2.50. The number of amides is 2. The number of anilines is 2. The number of rotatable bonds is 5. The molecule has 0 radical (unpaired) electrons. The lowest BCUT2D eigenvalue weighted by molar-refractivity contribution is -0.153. The first kappa shape index (κ1) is 24.6. The summed E-state index contributed by atoms with van der Waals surface area (Å²) >= 11 is 0. The van der Waals surface area contributed by atoms with Gasteiger partial charge < -0.3 is 29.6 Å². The van der Waals surface area contributed by atoms with Crippen LogP contribution in [0.1, 0.15) is 16.1 Å². The number of hydrogen-bond donors (Lipinski definition) is 2. The molecule has 0 saturated carbocycles. The molecule has 0 aliphatic carbocycles. The molecule has 1 aromatic carbocycles. The Hall–Kier alpha value is -4.06. The number of fused-ring (bicyclic) bond motifs is 1. The minimum atomic E-state index is -4.54. The molecule has 37 heavy (non-hydrogen) atoms. The van der Waals surface area contributed by atoms with Crippen LogP contribution in [0.25, 0.3) is 11.3 Å². The third kappa shape index (κ3) is 5.38. The maximum atomic E-state index is 13.4. The van der Waals surface area contributed by atoms with E-state index in [0.717, 1.165) is 0 Å². The summed E-state index contributed by atoms with van der Waals surface area (Å²) in [6, 6.07) is 10.3. The number of carbonyl (C=O) groups is 2. The van der Waals surface area contributed by atoms with Gasteiger partial charge in [0.2, 0.25) is 0 Å². The average molecular weight is 515 g/mol. The topological polar surface area (TPSA) is 99.8 Å². The highest BCUT2D eigenvalue weighted by Crippen LogP contribution is 2.41. The maximum Gasteiger partial charge on any atom is 0.422 e. The normalized spacial score (nSPS) is 15.9. The van der Waals surface area contributed by atoms with Gasteiger partial charge in [0.15, 0.2) is 12.4 Å². The van der Waals surface area contributed by atoms with E-state index in [9.17, 15) is 22.8 Å². The zero-order valence-electron chi connectivity index (χ0n) is 19.7. The van der Waals surface area contributed by atoms with E-state index >= 15 is 0 Å². The van der Waals surface area contributed by atoms with Gasteiger partial charge in [-0.15, -0.1) is 0 Å². The van der Waals surface area contributed by atoms with E-state index in [1.807, 2.05) is 18.2 Å². The van der Waals surface area contributed by atoms with Crippen LogP contribution in [0.3, 0.4) is 0 Å². The zero-order valence-corrected chi connectivity index (χ0v) is 19.7. The highest BCUT2D eigenvalue weighted by Gasteiger charge is 2.35. The van der Waals surface area contributed by atoms with Crippen LogP contribution in [0.15, 0.2) is 48.8 Å². The highest BCUT2D eigenvalue weighted by molar-refractivity contribution is 6.09. The van der Waals surface area contributed by atoms with Crippen LogP contribution in [0.5, 0.6) is 5.75 Å². The first-order valence-corrected chi connectivity index (χ1v) is 11.7. The summed E-state index contributed by atoms with van der Waals surface area (Å²) in [5, 5.41) is 3.24. The SMILES string of the molecule is O=C1CN(C(=O)N2CCOCC2)Cc2[nH]c(-c3ccncc3OCC(F)(F)F)c(Nc3ccccc3)c21. The fourth-order valence-electron chi connectivity index (χ4n) is 4.42. The molecule has 1 saturated heterocycles. The van der Waals surface area contributed by atoms with Crippen LogP contribution >= 0.6 is 0 Å². The predicted octanol–water partition coefficient (Wildman–Crippen LogP) is 4.21. The smallest absolute Gasteiger partial charge is 0.422 e. The van der Waals surface area contributed by atoms with Gasteiger partial charge in [-0.1, -0.05) is 18.2 Å². The number of nitrogens with one attached hydrogen (secondary N) is 2. The molecule has 0 spiro atoms. The number of urea groups is 1. The third-order valence-electron chi connectivity index (χ3n) is 6.08. The van der Waals surface area contributed by atoms with Crippen molar-refractivity contribution in [3.8, 4) is 17.0 Å². The van der Waals surface area contributed by atoms with Crippen LogP contribution < -0.4 is 10.1 Å². The van der Waals surface area contributed by atoms with Crippen LogP contribution in [0, 0.1) is 0 Å². The second kappa shape index (κ2) is 10.1. The summed E-state index contributed by atoms with van der Waals surface area (Å²) in [6.07, 6.45) is -1.91. The van der Waals surface area contributed by atoms with Gasteiger partial charge in [-0.2, -0.15) is 13.2 Å². The number of alkyl halides is 3. The van der Waals surface area contributed by atoms with E-state index < -0.39 is 12.8 Å². The van der Waals surface area contributed by atoms with E-state index in [1.165, 1.54) is 23.4 Å². The quantitative estimate of drug-likeness (QED) is 0.528. The van der Waals surface area contributed by atoms with E-state index in [1.54, 1.807) is 17.0 Å². The largest absolute Gasteiger partial charge is 0.482 e. The molecule has 2 N–H and O–H groups in total. The van der Waals surface area contributed by atoms with E-state index in [-0.39, 0.29) is 30.7 Å². The van der Waals surface area contributed by atoms with Crippen molar-refractivity contribution in [1.82, 2.24) is 19.8 Å². The molecule has 194 valence electrons. The summed E-state index contributed by atoms with van der Waals surface area (Å²) in [6.45, 7) is 0.240. The highest BCUT2D eigenvalue weighted by atomic mass is 19.4. The standard InChI is InChI=1S/C25H24F3N5O4/c26-25(27,28)15-37-20-12-29-7-6-17(20)22-23(30-16-4-2-1-3-5-16)21-18(31-22)13-33(14-19(21)34)24(35)32-8-10-36-11-9-32/h1-7,12,30-31H,8-11,13-15H2. The Labute approximate surface area is 210 Å². The summed E-state index contributed by atoms with van der Waals surface area (Å²) < 4.78 is 49.0. The van der Waals surface area contributed by atoms with Crippen molar-refractivity contribution in [2.45, 2.75) is 12.7 Å². The van der Waals surface area contributed by atoms with Gasteiger partial charge in [-0.25, -0.2) is 4.79 Å². The summed E-state index contributed by atoms with van der Waals surface area (Å²) in [4.78, 5) is 36.7. The molecular formula is C25H24F3N5O4. The van der Waals surface area contributed by atoms with Crippen LogP contribution in [-0.4, -0.2) is 77.2 Å². The van der Waals surface area contributed by atoms with E-state index in [0.29, 0.717) is 60.2 Å². The van der Waals surface area contributed by atoms with Gasteiger partial charge in [-0.3, -0.25) is 9.78 Å². The molecule has 9 nitrogen and oxygen atoms in total. The van der Waals surface area contributed by atoms with E-state index in [2.05, 4.69) is 15.3 Å². The van der Waals surface area contributed by atoms with Gasteiger partial charge in [0.25, 0.3) is 0 Å². The number of benzene rings is 1. The Morgan fingerprint density at radius 2 is 1.86 bits per heavy atom. The number of ether oxygens (including phenoxy) is 2. The Morgan fingerprint density at radius 3 is 2.59 bits per heavy atom. The van der Waals surface area contributed by atoms with Crippen molar-refractivity contribution in [3.63, 3.8) is 0 Å². The van der Waals surface area contributed by atoms with Crippen molar-refractivity contribution in [3.05, 3.63) is 60.0 Å². The maximum absolute atomic E-state index is 13.4. The Morgan fingerprint density at radius 1 is 1.11 bits per heavy atom. The number of aromatic nitrogens is 2. The first-order valence-electron chi connectivity index (χ1n) is 11.7. The number of nitrogens with zero attached hydrogens (tertiary/aromatic N) is 3. The third-order valence-corrected chi connectivity index (χ3v) is 6.08. The van der Waals surface area contributed by atoms with Crippen molar-refractivity contribution < 1.29 is 32.2 Å². The number of hydrogen-bond acceptors (Lipinski definition) is 6. The molecule has 2 aliphatic heterocycles. The predicted molar refractivity (Wildman–Crippen MR) is 128 cm³/mol. The molecule has 12 heteroatoms. The summed E-state index contributed by atoms with van der Waals surface area (Å²) in [7, 11) is 0. The molecule has 3 aromatic rings. The van der Waals surface area contributed by atoms with Gasteiger partial charge in [0.05, 0.1) is 49.4 Å². The molecule has 2 aliphatic rings. The molecule has 0 atom stereocenters. The Kier molecular flexibility index (Phi) is 6.74. The Balaban J connectivity index is 1.54. The molecule has 5 rings (SSSR count). The Bertz CT molecular complexity index is 1290. The van der Waals surface area contributed by atoms with E-state index in [4.69, 9.17) is 9.47 Å². The van der Waals surface area contributed by atoms with Crippen LogP contribution in [0.2, 0.25) is 0 Å². The lowest BCUT2D eigenvalue weighted by atomic mass is 10.0. The number of carbonyl (C=O) groups excluding carboxylic acids is 2. The fraction of sp³-hybridized carbons (Fsp3) is 0.320. The van der Waals surface area contributed by atoms with Crippen molar-refractivity contribution in [2.75, 3.05) is 44.8 Å².